The number of ether oxygens (including phenoxy) is 1. The molecule has 3 heteroatoms. The molecule has 0 bridgehead atoms. The maximum Gasteiger partial charge on any atom is 0.122 e. The molecule has 0 unspecified atom stereocenters. The summed E-state index contributed by atoms with van der Waals surface area (Å²) in [6, 6.07) is 3.81. The van der Waals surface area contributed by atoms with Crippen LogP contribution in [0.25, 0.3) is 0 Å². The average Bonchev–Trinajstić information content (AvgIpc) is 2.13. The van der Waals surface area contributed by atoms with Gasteiger partial charge < -0.3 is 4.74 Å². The molecule has 1 rings (SSSR count). The molecule has 0 radical (unpaired) electrons. The number of methoxy groups -OCH3 is 1. The molecule has 0 aliphatic rings. The summed E-state index contributed by atoms with van der Waals surface area (Å²) >= 11 is 5.73. The summed E-state index contributed by atoms with van der Waals surface area (Å²) < 4.78 is 5.20. The number of rotatable bonds is 2. The van der Waals surface area contributed by atoms with Crippen LogP contribution in [0.5, 0.6) is 5.75 Å². The van der Waals surface area contributed by atoms with Crippen LogP contribution in [0.4, 0.5) is 5.69 Å². The summed E-state index contributed by atoms with van der Waals surface area (Å²) in [5.41, 5.74) is 3.10. The maximum absolute atomic E-state index is 5.73. The Labute approximate surface area is 89.6 Å². The minimum atomic E-state index is 0.540. The van der Waals surface area contributed by atoms with Gasteiger partial charge in [0.2, 0.25) is 0 Å². The predicted octanol–water partition coefficient (Wildman–Crippen LogP) is 3.60. The van der Waals surface area contributed by atoms with Crippen molar-refractivity contribution in [2.45, 2.75) is 20.8 Å². The van der Waals surface area contributed by atoms with E-state index in [0.29, 0.717) is 5.17 Å². The molecular weight excluding hydrogens is 198 g/mol. The third-order valence-electron chi connectivity index (χ3n) is 2.20. The highest BCUT2D eigenvalue weighted by atomic mass is 35.5. The minimum absolute atomic E-state index is 0.540. The van der Waals surface area contributed by atoms with Crippen molar-refractivity contribution >= 4 is 22.5 Å². The Balaban J connectivity index is 3.24. The lowest BCUT2D eigenvalue weighted by molar-refractivity contribution is 0.411. The molecule has 0 saturated carbocycles. The first-order chi connectivity index (χ1) is 6.56. The number of hydrogen-bond acceptors (Lipinski definition) is 2. The van der Waals surface area contributed by atoms with E-state index in [-0.39, 0.29) is 0 Å². The van der Waals surface area contributed by atoms with Gasteiger partial charge in [0, 0.05) is 0 Å². The third-order valence-corrected chi connectivity index (χ3v) is 2.29. The second-order valence-electron chi connectivity index (χ2n) is 3.15. The number of hydrogen-bond donors (Lipinski definition) is 0. The van der Waals surface area contributed by atoms with E-state index in [2.05, 4.69) is 4.99 Å². The summed E-state index contributed by atoms with van der Waals surface area (Å²) in [5, 5.41) is 0.540. The van der Waals surface area contributed by atoms with Gasteiger partial charge in [-0.3, -0.25) is 0 Å². The van der Waals surface area contributed by atoms with Crippen molar-refractivity contribution in [3.63, 3.8) is 0 Å². The van der Waals surface area contributed by atoms with Crippen molar-refractivity contribution in [3.05, 3.63) is 23.3 Å². The quantitative estimate of drug-likeness (QED) is 0.685. The average molecular weight is 212 g/mol. The van der Waals surface area contributed by atoms with Crippen LogP contribution >= 0.6 is 11.6 Å². The lowest BCUT2D eigenvalue weighted by atomic mass is 10.1. The summed E-state index contributed by atoms with van der Waals surface area (Å²) in [5.74, 6) is 0.883. The van der Waals surface area contributed by atoms with Gasteiger partial charge in [0.1, 0.15) is 10.9 Å². The molecule has 0 atom stereocenters. The van der Waals surface area contributed by atoms with Gasteiger partial charge in [-0.05, 0) is 44.0 Å². The van der Waals surface area contributed by atoms with E-state index >= 15 is 0 Å². The zero-order chi connectivity index (χ0) is 10.7. The van der Waals surface area contributed by atoms with Crippen LogP contribution in [0, 0.1) is 13.8 Å². The van der Waals surface area contributed by atoms with Gasteiger partial charge in [0.25, 0.3) is 0 Å². The van der Waals surface area contributed by atoms with Crippen molar-refractivity contribution < 1.29 is 4.74 Å². The molecule has 0 aliphatic carbocycles. The molecular formula is C11H14ClNO. The van der Waals surface area contributed by atoms with Crippen molar-refractivity contribution in [1.82, 2.24) is 0 Å². The fraction of sp³-hybridized carbons (Fsp3) is 0.364. The molecule has 0 aromatic heterocycles. The molecule has 2 nitrogen and oxygen atoms in total. The lowest BCUT2D eigenvalue weighted by Crippen LogP contribution is -1.90. The van der Waals surface area contributed by atoms with Gasteiger partial charge in [-0.15, -0.1) is 0 Å². The van der Waals surface area contributed by atoms with Crippen LogP contribution < -0.4 is 4.74 Å². The smallest absolute Gasteiger partial charge is 0.122 e. The Hall–Kier alpha value is -1.02. The van der Waals surface area contributed by atoms with E-state index in [9.17, 15) is 0 Å². The Morgan fingerprint density at radius 3 is 2.43 bits per heavy atom. The molecule has 14 heavy (non-hydrogen) atoms. The standard InChI is InChI=1S/C11H14ClNO/c1-7-8(2)11(14-4)6-5-10(7)13-9(3)12/h5-6H,1-4H3/b13-9+. The molecule has 0 fully saturated rings. The Kier molecular flexibility index (Phi) is 3.53. The van der Waals surface area contributed by atoms with Crippen molar-refractivity contribution in [3.8, 4) is 5.75 Å². The zero-order valence-electron chi connectivity index (χ0n) is 8.89. The third kappa shape index (κ3) is 2.26. The topological polar surface area (TPSA) is 21.6 Å². The Morgan fingerprint density at radius 1 is 1.29 bits per heavy atom. The van der Waals surface area contributed by atoms with Gasteiger partial charge in [-0.1, -0.05) is 11.6 Å². The summed E-state index contributed by atoms with van der Waals surface area (Å²) in [6.07, 6.45) is 0. The van der Waals surface area contributed by atoms with E-state index in [1.807, 2.05) is 26.0 Å². The highest BCUT2D eigenvalue weighted by molar-refractivity contribution is 6.65. The van der Waals surface area contributed by atoms with E-state index in [1.54, 1.807) is 14.0 Å². The number of aliphatic imine (C=N–C) groups is 1. The minimum Gasteiger partial charge on any atom is -0.496 e. The largest absolute Gasteiger partial charge is 0.496 e. The van der Waals surface area contributed by atoms with Crippen LogP contribution in [0.2, 0.25) is 0 Å². The Morgan fingerprint density at radius 2 is 1.93 bits per heavy atom. The fourth-order valence-electron chi connectivity index (χ4n) is 1.29. The van der Waals surface area contributed by atoms with Crippen LogP contribution in [0.15, 0.2) is 17.1 Å². The Bertz CT molecular complexity index is 368. The molecule has 0 heterocycles. The first kappa shape index (κ1) is 11.1. The molecule has 0 spiro atoms. The van der Waals surface area contributed by atoms with Crippen LogP contribution in [-0.4, -0.2) is 12.3 Å². The fourth-order valence-corrected chi connectivity index (χ4v) is 1.38. The highest BCUT2D eigenvalue weighted by Crippen LogP contribution is 2.29. The molecule has 0 aliphatic heterocycles. The predicted molar refractivity (Wildman–Crippen MR) is 61.1 cm³/mol. The second-order valence-corrected chi connectivity index (χ2v) is 3.69. The van der Waals surface area contributed by atoms with Gasteiger partial charge in [-0.25, -0.2) is 4.99 Å². The molecule has 76 valence electrons. The van der Waals surface area contributed by atoms with Gasteiger partial charge in [0.05, 0.1) is 12.8 Å². The molecule has 1 aromatic carbocycles. The van der Waals surface area contributed by atoms with Crippen molar-refractivity contribution in [1.29, 1.82) is 0 Å². The highest BCUT2D eigenvalue weighted by Gasteiger charge is 2.05. The van der Waals surface area contributed by atoms with Crippen molar-refractivity contribution in [2.24, 2.45) is 4.99 Å². The van der Waals surface area contributed by atoms with Gasteiger partial charge >= 0.3 is 0 Å². The lowest BCUT2D eigenvalue weighted by Gasteiger charge is -2.09. The molecule has 0 amide bonds. The van der Waals surface area contributed by atoms with Crippen molar-refractivity contribution in [2.75, 3.05) is 7.11 Å². The number of nitrogens with zero attached hydrogens (tertiary/aromatic N) is 1. The first-order valence-corrected chi connectivity index (χ1v) is 4.79. The SMILES string of the molecule is COc1ccc(/N=C(\C)Cl)c(C)c1C. The van der Waals surface area contributed by atoms with Gasteiger partial charge in [-0.2, -0.15) is 0 Å². The van der Waals surface area contributed by atoms with Gasteiger partial charge in [0.15, 0.2) is 0 Å². The summed E-state index contributed by atoms with van der Waals surface area (Å²) in [4.78, 5) is 4.22. The van der Waals surface area contributed by atoms with Crippen LogP contribution in [0.1, 0.15) is 18.1 Å². The van der Waals surface area contributed by atoms with E-state index in [1.165, 1.54) is 0 Å². The van der Waals surface area contributed by atoms with Crippen LogP contribution in [-0.2, 0) is 0 Å². The van der Waals surface area contributed by atoms with E-state index in [4.69, 9.17) is 16.3 Å². The molecule has 1 aromatic rings. The van der Waals surface area contributed by atoms with E-state index in [0.717, 1.165) is 22.6 Å². The number of benzene rings is 1. The maximum atomic E-state index is 5.73. The van der Waals surface area contributed by atoms with E-state index < -0.39 is 0 Å². The molecule has 0 N–H and O–H groups in total. The normalized spacial score (nSPS) is 11.6. The monoisotopic (exact) mass is 211 g/mol. The summed E-state index contributed by atoms with van der Waals surface area (Å²) in [6.45, 7) is 5.79. The molecule has 0 saturated heterocycles. The van der Waals surface area contributed by atoms with Crippen LogP contribution in [0.3, 0.4) is 0 Å². The summed E-state index contributed by atoms with van der Waals surface area (Å²) in [7, 11) is 1.66. The first-order valence-electron chi connectivity index (χ1n) is 4.41. The number of halogens is 1. The zero-order valence-corrected chi connectivity index (χ0v) is 9.64. The second kappa shape index (κ2) is 4.47.